The molecule has 2 rings (SSSR count). The van der Waals surface area contributed by atoms with Gasteiger partial charge in [0.1, 0.15) is 4.21 Å². The molecule has 0 bridgehead atoms. The average Bonchev–Trinajstić information content (AvgIpc) is 2.91. The summed E-state index contributed by atoms with van der Waals surface area (Å²) in [7, 11) is -3.68. The van der Waals surface area contributed by atoms with Gasteiger partial charge in [-0.2, -0.15) is 0 Å². The van der Waals surface area contributed by atoms with Crippen LogP contribution < -0.4 is 15.4 Å². The van der Waals surface area contributed by atoms with Crippen molar-refractivity contribution in [2.45, 2.75) is 24.0 Å². The lowest BCUT2D eigenvalue weighted by Gasteiger charge is -2.34. The van der Waals surface area contributed by atoms with E-state index in [-0.39, 0.29) is 34.5 Å². The number of carbonyl (C=O) groups excluding carboxylic acids is 1. The predicted molar refractivity (Wildman–Crippen MR) is 95.0 cm³/mol. The van der Waals surface area contributed by atoms with Crippen molar-refractivity contribution in [1.29, 1.82) is 0 Å². The van der Waals surface area contributed by atoms with Gasteiger partial charge in [0.05, 0.1) is 10.9 Å². The highest BCUT2D eigenvalue weighted by Crippen LogP contribution is 2.27. The first-order chi connectivity index (χ1) is 10.3. The molecule has 132 valence electrons. The molecule has 1 aliphatic heterocycles. The van der Waals surface area contributed by atoms with E-state index in [1.165, 1.54) is 12.1 Å². The molecule has 0 unspecified atom stereocenters. The molecule has 23 heavy (non-hydrogen) atoms. The third kappa shape index (κ3) is 6.21. The van der Waals surface area contributed by atoms with E-state index in [9.17, 15) is 13.2 Å². The number of thiophene rings is 1. The molecule has 0 radical (unpaired) electrons. The third-order valence-corrected chi connectivity index (χ3v) is 6.88. The maximum atomic E-state index is 12.0. The summed E-state index contributed by atoms with van der Waals surface area (Å²) in [5.74, 6) is -0.328. The lowest BCUT2D eigenvalue weighted by atomic mass is 9.81. The van der Waals surface area contributed by atoms with Crippen LogP contribution in [0.25, 0.3) is 0 Å². The molecule has 1 aromatic heterocycles. The summed E-state index contributed by atoms with van der Waals surface area (Å²) in [5, 5.41) is 6.08. The Labute approximate surface area is 151 Å². The lowest BCUT2D eigenvalue weighted by Crippen LogP contribution is -2.45. The molecule has 1 aromatic rings. The van der Waals surface area contributed by atoms with Crippen molar-refractivity contribution in [3.63, 3.8) is 0 Å². The Kier molecular flexibility index (Phi) is 7.76. The minimum Gasteiger partial charge on any atom is -0.354 e. The van der Waals surface area contributed by atoms with Crippen LogP contribution in [0, 0.1) is 5.41 Å². The zero-order chi connectivity index (χ0) is 16.2. The number of piperidine rings is 1. The number of sulfonamides is 1. The van der Waals surface area contributed by atoms with Crippen molar-refractivity contribution in [3.05, 3.63) is 16.5 Å². The molecule has 1 saturated heterocycles. The first kappa shape index (κ1) is 20.7. The number of carbonyl (C=O) groups is 1. The summed E-state index contributed by atoms with van der Waals surface area (Å²) < 4.78 is 26.7. The van der Waals surface area contributed by atoms with Gasteiger partial charge in [-0.3, -0.25) is 4.79 Å². The largest absolute Gasteiger partial charge is 0.354 e. The van der Waals surface area contributed by atoms with Crippen LogP contribution in [0.15, 0.2) is 16.3 Å². The van der Waals surface area contributed by atoms with Crippen LogP contribution in [-0.2, 0) is 14.8 Å². The van der Waals surface area contributed by atoms with Crippen LogP contribution in [0.3, 0.4) is 0 Å². The van der Waals surface area contributed by atoms with Crippen LogP contribution in [-0.4, -0.2) is 40.5 Å². The van der Waals surface area contributed by atoms with Crippen molar-refractivity contribution >= 4 is 51.3 Å². The van der Waals surface area contributed by atoms with E-state index in [0.29, 0.717) is 10.9 Å². The van der Waals surface area contributed by atoms with Crippen molar-refractivity contribution in [1.82, 2.24) is 15.4 Å². The highest BCUT2D eigenvalue weighted by molar-refractivity contribution is 7.91. The van der Waals surface area contributed by atoms with Crippen molar-refractivity contribution in [3.8, 4) is 0 Å². The maximum Gasteiger partial charge on any atom is 0.250 e. The smallest absolute Gasteiger partial charge is 0.250 e. The van der Waals surface area contributed by atoms with Crippen molar-refractivity contribution in [2.75, 3.05) is 26.2 Å². The van der Waals surface area contributed by atoms with E-state index >= 15 is 0 Å². The number of hydrogen-bond acceptors (Lipinski definition) is 5. The Morgan fingerprint density at radius 1 is 1.39 bits per heavy atom. The molecular weight excluding hydrogens is 381 g/mol. The van der Waals surface area contributed by atoms with E-state index in [0.717, 1.165) is 37.3 Å². The molecule has 1 fully saturated rings. The lowest BCUT2D eigenvalue weighted by molar-refractivity contribution is -0.120. The Hall–Kier alpha value is -0.380. The Morgan fingerprint density at radius 2 is 2.04 bits per heavy atom. The predicted octanol–water partition coefficient (Wildman–Crippen LogP) is 1.61. The van der Waals surface area contributed by atoms with Gasteiger partial charge in [0.15, 0.2) is 0 Å². The zero-order valence-corrected chi connectivity index (χ0v) is 15.9. The van der Waals surface area contributed by atoms with E-state index in [4.69, 9.17) is 11.6 Å². The number of rotatable bonds is 6. The fourth-order valence-electron chi connectivity index (χ4n) is 2.26. The van der Waals surface area contributed by atoms with Crippen molar-refractivity contribution < 1.29 is 13.2 Å². The molecule has 3 N–H and O–H groups in total. The van der Waals surface area contributed by atoms with Crippen LogP contribution in [0.5, 0.6) is 0 Å². The summed E-state index contributed by atoms with van der Waals surface area (Å²) in [6.07, 6.45) is 1.99. The molecule has 1 amide bonds. The molecule has 0 spiro atoms. The first-order valence-electron chi connectivity index (χ1n) is 7.03. The Bertz CT molecular complexity index is 628. The second kappa shape index (κ2) is 8.64. The zero-order valence-electron chi connectivity index (χ0n) is 12.7. The van der Waals surface area contributed by atoms with Gasteiger partial charge in [0.2, 0.25) is 5.91 Å². The summed E-state index contributed by atoms with van der Waals surface area (Å²) in [4.78, 5) is 11.8. The van der Waals surface area contributed by atoms with Gasteiger partial charge in [-0.1, -0.05) is 18.5 Å². The minimum atomic E-state index is -3.68. The minimum absolute atomic E-state index is 0. The van der Waals surface area contributed by atoms with E-state index < -0.39 is 10.0 Å². The van der Waals surface area contributed by atoms with Gasteiger partial charge in [-0.25, -0.2) is 13.1 Å². The van der Waals surface area contributed by atoms with Gasteiger partial charge in [-0.05, 0) is 43.5 Å². The quantitative estimate of drug-likeness (QED) is 0.675. The second-order valence-electron chi connectivity index (χ2n) is 5.72. The highest BCUT2D eigenvalue weighted by atomic mass is 35.5. The topological polar surface area (TPSA) is 87.3 Å². The Balaban J connectivity index is 0.00000264. The number of amides is 1. The molecular formula is C13H21Cl2N3O3S2. The van der Waals surface area contributed by atoms with E-state index in [1.54, 1.807) is 0 Å². The van der Waals surface area contributed by atoms with Gasteiger partial charge < -0.3 is 10.6 Å². The molecule has 0 aromatic carbocycles. The number of nitrogens with one attached hydrogen (secondary N) is 3. The standard InChI is InChI=1S/C13H20ClN3O3S2.ClH/c1-13(4-6-15-7-5-13)9-16-11(18)8-17-22(19,20)12-3-2-10(14)21-12;/h2-3,15,17H,4-9H2,1H3,(H,16,18);1H. The molecule has 0 aliphatic carbocycles. The van der Waals surface area contributed by atoms with Crippen molar-refractivity contribution in [2.24, 2.45) is 5.41 Å². The maximum absolute atomic E-state index is 12.0. The van der Waals surface area contributed by atoms with Gasteiger partial charge >= 0.3 is 0 Å². The average molecular weight is 402 g/mol. The fourth-order valence-corrected chi connectivity index (χ4v) is 4.76. The molecule has 0 atom stereocenters. The number of halogens is 2. The number of hydrogen-bond donors (Lipinski definition) is 3. The van der Waals surface area contributed by atoms with Gasteiger partial charge in [0.25, 0.3) is 10.0 Å². The monoisotopic (exact) mass is 401 g/mol. The van der Waals surface area contributed by atoms with Crippen LogP contribution >= 0.6 is 35.3 Å². The van der Waals surface area contributed by atoms with E-state index in [1.807, 2.05) is 0 Å². The fraction of sp³-hybridized carbons (Fsp3) is 0.615. The summed E-state index contributed by atoms with van der Waals surface area (Å²) in [6.45, 7) is 4.30. The first-order valence-corrected chi connectivity index (χ1v) is 9.71. The van der Waals surface area contributed by atoms with Crippen LogP contribution in [0.2, 0.25) is 4.34 Å². The van der Waals surface area contributed by atoms with E-state index in [2.05, 4.69) is 22.3 Å². The van der Waals surface area contributed by atoms with Gasteiger partial charge in [-0.15, -0.1) is 23.7 Å². The van der Waals surface area contributed by atoms with Gasteiger partial charge in [0, 0.05) is 6.54 Å². The molecule has 2 heterocycles. The second-order valence-corrected chi connectivity index (χ2v) is 9.43. The SMILES string of the molecule is CC1(CNC(=O)CNS(=O)(=O)c2ccc(Cl)s2)CCNCC1.Cl. The molecule has 10 heteroatoms. The van der Waals surface area contributed by atoms with Crippen LogP contribution in [0.4, 0.5) is 0 Å². The third-order valence-electron chi connectivity index (χ3n) is 3.76. The van der Waals surface area contributed by atoms with Crippen LogP contribution in [0.1, 0.15) is 19.8 Å². The summed E-state index contributed by atoms with van der Waals surface area (Å²) in [6, 6.07) is 2.93. The molecule has 1 aliphatic rings. The normalized spacial score (nSPS) is 17.3. The highest BCUT2D eigenvalue weighted by Gasteiger charge is 2.27. The summed E-state index contributed by atoms with van der Waals surface area (Å²) in [5.41, 5.74) is 0.0705. The Morgan fingerprint density at radius 3 is 2.61 bits per heavy atom. The molecule has 6 nitrogen and oxygen atoms in total. The molecule has 0 saturated carbocycles. The summed E-state index contributed by atoms with van der Waals surface area (Å²) >= 11 is 6.68.